The van der Waals surface area contributed by atoms with Gasteiger partial charge in [0.2, 0.25) is 12.6 Å². The molecule has 0 saturated heterocycles. The Bertz CT molecular complexity index is 778. The number of fused-ring (bicyclic) bond motifs is 1. The van der Waals surface area contributed by atoms with E-state index in [-0.39, 0.29) is 24.7 Å². The van der Waals surface area contributed by atoms with Gasteiger partial charge in [0, 0.05) is 18.0 Å². The number of rotatable bonds is 6. The van der Waals surface area contributed by atoms with Gasteiger partial charge in [0.1, 0.15) is 5.57 Å². The van der Waals surface area contributed by atoms with Crippen molar-refractivity contribution in [1.82, 2.24) is 0 Å². The summed E-state index contributed by atoms with van der Waals surface area (Å²) in [6.45, 7) is 1.99. The zero-order chi connectivity index (χ0) is 16.9. The molecule has 0 aliphatic carbocycles. The predicted molar refractivity (Wildman–Crippen MR) is 83.9 cm³/mol. The highest BCUT2D eigenvalue weighted by Crippen LogP contribution is 2.34. The van der Waals surface area contributed by atoms with Gasteiger partial charge in [-0.25, -0.2) is 4.79 Å². The molecule has 1 aromatic carbocycles. The van der Waals surface area contributed by atoms with Gasteiger partial charge in [-0.05, 0) is 31.2 Å². The Balaban J connectivity index is 1.83. The molecule has 124 valence electrons. The minimum atomic E-state index is -0.729. The molecule has 1 aliphatic rings. The van der Waals surface area contributed by atoms with Gasteiger partial charge in [-0.1, -0.05) is 0 Å². The Labute approximate surface area is 137 Å². The van der Waals surface area contributed by atoms with Gasteiger partial charge in [-0.15, -0.1) is 0 Å². The van der Waals surface area contributed by atoms with E-state index in [1.807, 2.05) is 0 Å². The molecule has 0 bridgehead atoms. The molecule has 7 nitrogen and oxygen atoms in total. The number of hydrogen-bond acceptors (Lipinski definition) is 7. The molecular formula is C17H15NO6. The van der Waals surface area contributed by atoms with Gasteiger partial charge < -0.3 is 23.9 Å². The number of Topliss-reactive ketones (excluding diaryl/α,β-unsaturated/α-hetero) is 1. The first kappa shape index (κ1) is 15.7. The molecule has 0 fully saturated rings. The summed E-state index contributed by atoms with van der Waals surface area (Å²) in [5.74, 6) is -0.00844. The van der Waals surface area contributed by atoms with Crippen LogP contribution in [0.1, 0.15) is 17.5 Å². The lowest BCUT2D eigenvalue weighted by atomic mass is 10.1. The Morgan fingerprint density at radius 2 is 2.08 bits per heavy atom. The van der Waals surface area contributed by atoms with E-state index >= 15 is 0 Å². The van der Waals surface area contributed by atoms with Crippen molar-refractivity contribution in [1.29, 1.82) is 0 Å². The Hall–Kier alpha value is -3.22. The third-order valence-corrected chi connectivity index (χ3v) is 3.24. The molecule has 3 rings (SSSR count). The molecule has 0 amide bonds. The van der Waals surface area contributed by atoms with Crippen LogP contribution in [0, 0.1) is 0 Å². The second-order valence-corrected chi connectivity index (χ2v) is 4.80. The van der Waals surface area contributed by atoms with Crippen molar-refractivity contribution >= 4 is 17.4 Å². The van der Waals surface area contributed by atoms with Gasteiger partial charge >= 0.3 is 5.97 Å². The lowest BCUT2D eigenvalue weighted by Gasteiger charge is -2.07. The number of anilines is 1. The van der Waals surface area contributed by atoms with Crippen molar-refractivity contribution < 1.29 is 28.2 Å². The van der Waals surface area contributed by atoms with Crippen LogP contribution >= 0.6 is 0 Å². The average molecular weight is 329 g/mol. The first-order valence-corrected chi connectivity index (χ1v) is 7.30. The summed E-state index contributed by atoms with van der Waals surface area (Å²) >= 11 is 0. The maximum Gasteiger partial charge on any atom is 0.343 e. The highest BCUT2D eigenvalue weighted by molar-refractivity contribution is 6.23. The maximum atomic E-state index is 12.4. The molecule has 0 radical (unpaired) electrons. The molecule has 24 heavy (non-hydrogen) atoms. The number of nitrogens with one attached hydrogen (secondary N) is 1. The highest BCUT2D eigenvalue weighted by Gasteiger charge is 2.23. The van der Waals surface area contributed by atoms with Gasteiger partial charge in [0.15, 0.2) is 17.3 Å². The number of ether oxygens (including phenoxy) is 3. The van der Waals surface area contributed by atoms with Crippen LogP contribution in [0.5, 0.6) is 11.5 Å². The number of esters is 1. The van der Waals surface area contributed by atoms with E-state index in [2.05, 4.69) is 5.32 Å². The molecule has 1 N–H and O–H groups in total. The Morgan fingerprint density at radius 3 is 2.83 bits per heavy atom. The van der Waals surface area contributed by atoms with Crippen molar-refractivity contribution in [3.8, 4) is 11.5 Å². The van der Waals surface area contributed by atoms with Crippen molar-refractivity contribution in [3.05, 3.63) is 54.1 Å². The monoisotopic (exact) mass is 329 g/mol. The fraction of sp³-hybridized carbons (Fsp3) is 0.176. The third-order valence-electron chi connectivity index (χ3n) is 3.24. The number of ketones is 1. The zero-order valence-electron chi connectivity index (χ0n) is 12.9. The molecule has 1 aliphatic heterocycles. The second-order valence-electron chi connectivity index (χ2n) is 4.80. The van der Waals surface area contributed by atoms with Gasteiger partial charge in [0.05, 0.1) is 12.9 Å². The normalized spacial score (nSPS) is 12.8. The largest absolute Gasteiger partial charge is 0.462 e. The maximum absolute atomic E-state index is 12.4. The summed E-state index contributed by atoms with van der Waals surface area (Å²) in [5, 5.41) is 2.90. The van der Waals surface area contributed by atoms with E-state index in [4.69, 9.17) is 18.6 Å². The topological polar surface area (TPSA) is 87.0 Å². The van der Waals surface area contributed by atoms with Gasteiger partial charge in [-0.2, -0.15) is 0 Å². The fourth-order valence-electron chi connectivity index (χ4n) is 2.11. The first-order valence-electron chi connectivity index (χ1n) is 7.30. The molecule has 1 aromatic heterocycles. The number of benzene rings is 1. The number of furan rings is 1. The lowest BCUT2D eigenvalue weighted by Crippen LogP contribution is -2.17. The second kappa shape index (κ2) is 6.91. The molecule has 0 spiro atoms. The minimum absolute atomic E-state index is 0.0572. The first-order chi connectivity index (χ1) is 11.7. The number of hydrogen-bond donors (Lipinski definition) is 1. The smallest absolute Gasteiger partial charge is 0.343 e. The summed E-state index contributed by atoms with van der Waals surface area (Å²) < 4.78 is 20.5. The van der Waals surface area contributed by atoms with Crippen LogP contribution in [-0.4, -0.2) is 25.2 Å². The molecule has 0 unspecified atom stereocenters. The van der Waals surface area contributed by atoms with Crippen LogP contribution in [-0.2, 0) is 9.53 Å². The van der Waals surface area contributed by atoms with Crippen molar-refractivity contribution in [2.75, 3.05) is 18.7 Å². The lowest BCUT2D eigenvalue weighted by molar-refractivity contribution is -0.138. The van der Waals surface area contributed by atoms with Crippen molar-refractivity contribution in [2.24, 2.45) is 0 Å². The summed E-state index contributed by atoms with van der Waals surface area (Å²) in [6.07, 6.45) is 2.65. The van der Waals surface area contributed by atoms with E-state index in [9.17, 15) is 9.59 Å². The Morgan fingerprint density at radius 1 is 1.25 bits per heavy atom. The van der Waals surface area contributed by atoms with Crippen LogP contribution in [0.2, 0.25) is 0 Å². The van der Waals surface area contributed by atoms with E-state index in [0.717, 1.165) is 0 Å². The molecule has 0 saturated carbocycles. The fourth-order valence-corrected chi connectivity index (χ4v) is 2.11. The van der Waals surface area contributed by atoms with Crippen molar-refractivity contribution in [3.63, 3.8) is 0 Å². The number of carbonyl (C=O) groups excluding carboxylic acids is 2. The third kappa shape index (κ3) is 3.24. The zero-order valence-corrected chi connectivity index (χ0v) is 12.9. The van der Waals surface area contributed by atoms with E-state index in [0.29, 0.717) is 17.2 Å². The standard InChI is InChI=1S/C17H15NO6/c1-2-21-17(20)12(16(19)14-4-3-7-22-14)9-18-11-5-6-13-15(8-11)24-10-23-13/h3-9,18H,2,10H2,1H3. The van der Waals surface area contributed by atoms with Crippen molar-refractivity contribution in [2.45, 2.75) is 6.92 Å². The van der Waals surface area contributed by atoms with E-state index in [1.54, 1.807) is 31.2 Å². The summed E-state index contributed by atoms with van der Waals surface area (Å²) in [6, 6.07) is 8.23. The molecule has 2 aromatic rings. The van der Waals surface area contributed by atoms with Crippen LogP contribution < -0.4 is 14.8 Å². The molecular weight excluding hydrogens is 314 g/mol. The summed E-state index contributed by atoms with van der Waals surface area (Å²) in [5.41, 5.74) is 0.470. The van der Waals surface area contributed by atoms with Gasteiger partial charge in [-0.3, -0.25) is 4.79 Å². The average Bonchev–Trinajstić information content (AvgIpc) is 3.26. The van der Waals surface area contributed by atoms with Gasteiger partial charge in [0.25, 0.3) is 0 Å². The van der Waals surface area contributed by atoms with E-state index in [1.165, 1.54) is 18.5 Å². The molecule has 2 heterocycles. The highest BCUT2D eigenvalue weighted by atomic mass is 16.7. The predicted octanol–water partition coefficient (Wildman–Crippen LogP) is 2.75. The summed E-state index contributed by atoms with van der Waals surface area (Å²) in [4.78, 5) is 24.4. The SMILES string of the molecule is CCOC(=O)C(=CNc1ccc2c(c1)OCO2)C(=O)c1ccco1. The van der Waals surface area contributed by atoms with Crippen LogP contribution in [0.25, 0.3) is 0 Å². The minimum Gasteiger partial charge on any atom is -0.462 e. The quantitative estimate of drug-likeness (QED) is 0.287. The van der Waals surface area contributed by atoms with Crippen LogP contribution in [0.15, 0.2) is 52.8 Å². The molecule has 0 atom stereocenters. The summed E-state index contributed by atoms with van der Waals surface area (Å²) in [7, 11) is 0. The van der Waals surface area contributed by atoms with Crippen LogP contribution in [0.4, 0.5) is 5.69 Å². The van der Waals surface area contributed by atoms with E-state index < -0.39 is 11.8 Å². The van der Waals surface area contributed by atoms with Crippen LogP contribution in [0.3, 0.4) is 0 Å². The molecule has 7 heteroatoms. The number of carbonyl (C=O) groups is 2. The Kier molecular flexibility index (Phi) is 4.51.